The number of benzene rings is 2. The van der Waals surface area contributed by atoms with Crippen LogP contribution in [0.25, 0.3) is 11.1 Å². The number of nitrogen functional groups attached to an aromatic ring is 4. The van der Waals surface area contributed by atoms with Crippen molar-refractivity contribution in [3.05, 3.63) is 36.4 Å². The smallest absolute Gasteiger partial charge is 0.0787 e. The van der Waals surface area contributed by atoms with E-state index in [1.165, 1.54) is 0 Å². The molecule has 2 rings (SSSR count). The molecule has 0 aliphatic carbocycles. The van der Waals surface area contributed by atoms with Crippen LogP contribution < -0.4 is 22.9 Å². The highest BCUT2D eigenvalue weighted by Crippen LogP contribution is 2.33. The molecule has 0 amide bonds. The minimum atomic E-state index is 0. The van der Waals surface area contributed by atoms with E-state index in [0.29, 0.717) is 22.7 Å². The van der Waals surface area contributed by atoms with Gasteiger partial charge in [0.1, 0.15) is 0 Å². The van der Waals surface area contributed by atoms with Gasteiger partial charge in [0, 0.05) is 11.3 Å². The molecule has 0 saturated carbocycles. The third kappa shape index (κ3) is 2.25. The molecule has 8 N–H and O–H groups in total. The minimum Gasteiger partial charge on any atom is -0.399 e. The third-order valence-electron chi connectivity index (χ3n) is 2.54. The monoisotopic (exact) mass is 230 g/mol. The zero-order chi connectivity index (χ0) is 11.7. The average Bonchev–Trinajstić information content (AvgIpc) is 2.28. The summed E-state index contributed by atoms with van der Waals surface area (Å²) in [5.74, 6) is 0. The van der Waals surface area contributed by atoms with Crippen molar-refractivity contribution in [1.82, 2.24) is 0 Å². The number of hydrogen-bond acceptors (Lipinski definition) is 4. The van der Waals surface area contributed by atoms with Crippen molar-refractivity contribution in [3.63, 3.8) is 0 Å². The molecule has 0 bridgehead atoms. The molecule has 0 aliphatic heterocycles. The number of hydrogen-bond donors (Lipinski definition) is 4. The lowest BCUT2D eigenvalue weighted by Gasteiger charge is -2.10. The molecular weight excluding hydrogens is 212 g/mol. The third-order valence-corrected chi connectivity index (χ3v) is 2.54. The van der Waals surface area contributed by atoms with Gasteiger partial charge in [-0.2, -0.15) is 0 Å². The number of rotatable bonds is 1. The SMILES string of the molecule is C.Nc1ccc(-c2ccc(N)c(N)c2N)cc1. The summed E-state index contributed by atoms with van der Waals surface area (Å²) in [6, 6.07) is 11.0. The lowest BCUT2D eigenvalue weighted by molar-refractivity contribution is 1.59. The van der Waals surface area contributed by atoms with Crippen LogP contribution >= 0.6 is 0 Å². The largest absolute Gasteiger partial charge is 0.399 e. The fraction of sp³-hybridized carbons (Fsp3) is 0.0769. The van der Waals surface area contributed by atoms with Gasteiger partial charge in [-0.3, -0.25) is 0 Å². The van der Waals surface area contributed by atoms with Gasteiger partial charge in [-0.1, -0.05) is 25.6 Å². The molecule has 0 fully saturated rings. The van der Waals surface area contributed by atoms with E-state index in [2.05, 4.69) is 0 Å². The van der Waals surface area contributed by atoms with E-state index in [0.717, 1.165) is 11.1 Å². The summed E-state index contributed by atoms with van der Waals surface area (Å²) in [6.45, 7) is 0. The molecule has 4 heteroatoms. The lowest BCUT2D eigenvalue weighted by atomic mass is 10.0. The van der Waals surface area contributed by atoms with Crippen LogP contribution in [0.15, 0.2) is 36.4 Å². The molecule has 0 atom stereocenters. The molecule has 0 aromatic heterocycles. The summed E-state index contributed by atoms with van der Waals surface area (Å²) >= 11 is 0. The summed E-state index contributed by atoms with van der Waals surface area (Å²) < 4.78 is 0. The molecule has 2 aromatic rings. The average molecular weight is 230 g/mol. The molecule has 2 aromatic carbocycles. The van der Waals surface area contributed by atoms with Crippen LogP contribution in [0.2, 0.25) is 0 Å². The Labute approximate surface area is 101 Å². The van der Waals surface area contributed by atoms with E-state index in [1.807, 2.05) is 30.3 Å². The van der Waals surface area contributed by atoms with Crippen molar-refractivity contribution in [3.8, 4) is 11.1 Å². The summed E-state index contributed by atoms with van der Waals surface area (Å²) in [7, 11) is 0. The second-order valence-electron chi connectivity index (χ2n) is 3.65. The van der Waals surface area contributed by atoms with E-state index in [9.17, 15) is 0 Å². The van der Waals surface area contributed by atoms with Gasteiger partial charge < -0.3 is 22.9 Å². The highest BCUT2D eigenvalue weighted by Gasteiger charge is 2.07. The van der Waals surface area contributed by atoms with Gasteiger partial charge in [0.2, 0.25) is 0 Å². The molecule has 17 heavy (non-hydrogen) atoms. The minimum absolute atomic E-state index is 0. The first-order valence-electron chi connectivity index (χ1n) is 4.89. The highest BCUT2D eigenvalue weighted by atomic mass is 14.7. The van der Waals surface area contributed by atoms with Crippen molar-refractivity contribution in [2.24, 2.45) is 0 Å². The van der Waals surface area contributed by atoms with Gasteiger partial charge in [0.05, 0.1) is 17.1 Å². The van der Waals surface area contributed by atoms with Crippen molar-refractivity contribution >= 4 is 22.7 Å². The zero-order valence-electron chi connectivity index (χ0n) is 8.77. The topological polar surface area (TPSA) is 104 Å². The fourth-order valence-corrected chi connectivity index (χ4v) is 1.57. The van der Waals surface area contributed by atoms with Gasteiger partial charge in [-0.15, -0.1) is 0 Å². The quantitative estimate of drug-likeness (QED) is 0.564. The van der Waals surface area contributed by atoms with Gasteiger partial charge in [-0.25, -0.2) is 0 Å². The molecule has 4 nitrogen and oxygen atoms in total. The molecule has 0 radical (unpaired) electrons. The van der Waals surface area contributed by atoms with Crippen LogP contribution in [0.1, 0.15) is 7.43 Å². The maximum Gasteiger partial charge on any atom is 0.0787 e. The zero-order valence-corrected chi connectivity index (χ0v) is 8.77. The van der Waals surface area contributed by atoms with Gasteiger partial charge in [-0.05, 0) is 23.8 Å². The van der Waals surface area contributed by atoms with Crippen LogP contribution in [-0.4, -0.2) is 0 Å². The van der Waals surface area contributed by atoms with E-state index in [-0.39, 0.29) is 7.43 Å². The predicted octanol–water partition coefficient (Wildman–Crippen LogP) is 2.32. The molecule has 0 aliphatic rings. The first-order chi connectivity index (χ1) is 7.59. The van der Waals surface area contributed by atoms with Crippen molar-refractivity contribution < 1.29 is 0 Å². The molecule has 0 spiro atoms. The van der Waals surface area contributed by atoms with Crippen molar-refractivity contribution in [2.75, 3.05) is 22.9 Å². The summed E-state index contributed by atoms with van der Waals surface area (Å²) in [5.41, 5.74) is 27.0. The van der Waals surface area contributed by atoms with Gasteiger partial charge >= 0.3 is 0 Å². The standard InChI is InChI=1S/C12H14N4.CH4/c13-8-3-1-7(2-4-8)9-5-6-10(14)12(16)11(9)15;/h1-6H,13-16H2;1H4. The number of anilines is 4. The highest BCUT2D eigenvalue weighted by molar-refractivity contribution is 5.90. The van der Waals surface area contributed by atoms with Crippen molar-refractivity contribution in [1.29, 1.82) is 0 Å². The van der Waals surface area contributed by atoms with E-state index >= 15 is 0 Å². The van der Waals surface area contributed by atoms with E-state index < -0.39 is 0 Å². The first kappa shape index (κ1) is 12.7. The lowest BCUT2D eigenvalue weighted by Crippen LogP contribution is -2.01. The Morgan fingerprint density at radius 1 is 0.647 bits per heavy atom. The Morgan fingerprint density at radius 3 is 1.82 bits per heavy atom. The summed E-state index contributed by atoms with van der Waals surface area (Å²) in [4.78, 5) is 0. The summed E-state index contributed by atoms with van der Waals surface area (Å²) in [6.07, 6.45) is 0. The van der Waals surface area contributed by atoms with Crippen LogP contribution in [0.3, 0.4) is 0 Å². The second-order valence-corrected chi connectivity index (χ2v) is 3.65. The number of nitrogens with two attached hydrogens (primary N) is 4. The molecule has 90 valence electrons. The Morgan fingerprint density at radius 2 is 1.24 bits per heavy atom. The summed E-state index contributed by atoms with van der Waals surface area (Å²) in [5, 5.41) is 0. The van der Waals surface area contributed by atoms with Crippen LogP contribution in [0, 0.1) is 0 Å². The maximum absolute atomic E-state index is 5.92. The van der Waals surface area contributed by atoms with Crippen LogP contribution in [0.4, 0.5) is 22.7 Å². The normalized spacial score (nSPS) is 9.65. The predicted molar refractivity (Wildman–Crippen MR) is 76.3 cm³/mol. The Hall–Kier alpha value is -2.36. The Kier molecular flexibility index (Phi) is 3.48. The van der Waals surface area contributed by atoms with E-state index in [4.69, 9.17) is 22.9 Å². The molecule has 0 saturated heterocycles. The second kappa shape index (κ2) is 4.65. The molecular formula is C13H18N4. The van der Waals surface area contributed by atoms with Gasteiger partial charge in [0.15, 0.2) is 0 Å². The first-order valence-corrected chi connectivity index (χ1v) is 4.89. The van der Waals surface area contributed by atoms with Gasteiger partial charge in [0.25, 0.3) is 0 Å². The maximum atomic E-state index is 5.92. The van der Waals surface area contributed by atoms with Crippen LogP contribution in [0.5, 0.6) is 0 Å². The molecule has 0 heterocycles. The Balaban J connectivity index is 0.00000144. The Bertz CT molecular complexity index is 518. The molecule has 0 unspecified atom stereocenters. The van der Waals surface area contributed by atoms with E-state index in [1.54, 1.807) is 6.07 Å². The van der Waals surface area contributed by atoms with Crippen LogP contribution in [-0.2, 0) is 0 Å². The fourth-order valence-electron chi connectivity index (χ4n) is 1.57. The van der Waals surface area contributed by atoms with Crippen molar-refractivity contribution in [2.45, 2.75) is 7.43 Å².